The molecule has 6 heteroatoms. The molecule has 1 amide bonds. The minimum Gasteiger partial charge on any atom is -0.394 e. The summed E-state index contributed by atoms with van der Waals surface area (Å²) in [5.41, 5.74) is 1.71. The second-order valence-corrected chi connectivity index (χ2v) is 6.12. The SMILES string of the molecule is O=C(c1ccccc1NCc1ccc(F)c(F)c1)N1CCCC1CO. The number of carbonyl (C=O) groups is 1. The van der Waals surface area contributed by atoms with Gasteiger partial charge in [0.05, 0.1) is 18.2 Å². The number of amides is 1. The van der Waals surface area contributed by atoms with Gasteiger partial charge < -0.3 is 15.3 Å². The van der Waals surface area contributed by atoms with E-state index in [4.69, 9.17) is 0 Å². The highest BCUT2D eigenvalue weighted by Crippen LogP contribution is 2.24. The molecule has 4 nitrogen and oxygen atoms in total. The van der Waals surface area contributed by atoms with Gasteiger partial charge in [-0.3, -0.25) is 4.79 Å². The number of rotatable bonds is 5. The number of halogens is 2. The van der Waals surface area contributed by atoms with Gasteiger partial charge in [-0.15, -0.1) is 0 Å². The molecule has 2 aromatic carbocycles. The number of nitrogens with one attached hydrogen (secondary N) is 1. The molecule has 0 saturated carbocycles. The predicted octanol–water partition coefficient (Wildman–Crippen LogP) is 3.17. The largest absolute Gasteiger partial charge is 0.394 e. The van der Waals surface area contributed by atoms with Crippen LogP contribution in [-0.4, -0.2) is 35.1 Å². The maximum Gasteiger partial charge on any atom is 0.256 e. The summed E-state index contributed by atoms with van der Waals surface area (Å²) in [5, 5.41) is 12.5. The minimum absolute atomic E-state index is 0.0454. The van der Waals surface area contributed by atoms with E-state index in [-0.39, 0.29) is 25.1 Å². The third-order valence-corrected chi connectivity index (χ3v) is 4.47. The number of anilines is 1. The number of aliphatic hydroxyl groups is 1. The molecular formula is C19H20F2N2O2. The van der Waals surface area contributed by atoms with E-state index in [0.717, 1.165) is 25.0 Å². The summed E-state index contributed by atoms with van der Waals surface area (Å²) in [5.74, 6) is -1.92. The summed E-state index contributed by atoms with van der Waals surface area (Å²) in [6.45, 7) is 0.850. The van der Waals surface area contributed by atoms with Gasteiger partial charge in [0.25, 0.3) is 5.91 Å². The number of aliphatic hydroxyl groups excluding tert-OH is 1. The highest BCUT2D eigenvalue weighted by Gasteiger charge is 2.29. The first-order valence-electron chi connectivity index (χ1n) is 8.29. The van der Waals surface area contributed by atoms with Gasteiger partial charge in [0.2, 0.25) is 0 Å². The predicted molar refractivity (Wildman–Crippen MR) is 91.3 cm³/mol. The van der Waals surface area contributed by atoms with Crippen LogP contribution in [0.5, 0.6) is 0 Å². The van der Waals surface area contributed by atoms with Gasteiger partial charge in [-0.05, 0) is 42.7 Å². The van der Waals surface area contributed by atoms with E-state index in [0.29, 0.717) is 23.4 Å². The summed E-state index contributed by atoms with van der Waals surface area (Å²) in [6.07, 6.45) is 1.67. The zero-order valence-corrected chi connectivity index (χ0v) is 13.7. The normalized spacial score (nSPS) is 16.9. The van der Waals surface area contributed by atoms with Crippen molar-refractivity contribution in [2.75, 3.05) is 18.5 Å². The average Bonchev–Trinajstić information content (AvgIpc) is 3.11. The van der Waals surface area contributed by atoms with E-state index in [1.165, 1.54) is 6.07 Å². The molecule has 1 atom stereocenters. The Morgan fingerprint density at radius 3 is 2.76 bits per heavy atom. The lowest BCUT2D eigenvalue weighted by molar-refractivity contribution is 0.0678. The van der Waals surface area contributed by atoms with Crippen molar-refractivity contribution in [3.05, 3.63) is 65.2 Å². The van der Waals surface area contributed by atoms with Crippen LogP contribution in [0, 0.1) is 11.6 Å². The number of hydrogen-bond acceptors (Lipinski definition) is 3. The Morgan fingerprint density at radius 2 is 2.00 bits per heavy atom. The molecule has 2 aromatic rings. The lowest BCUT2D eigenvalue weighted by Crippen LogP contribution is -2.37. The molecule has 25 heavy (non-hydrogen) atoms. The van der Waals surface area contributed by atoms with Crippen LogP contribution in [0.1, 0.15) is 28.8 Å². The molecule has 1 saturated heterocycles. The van der Waals surface area contributed by atoms with Crippen molar-refractivity contribution in [2.24, 2.45) is 0 Å². The van der Waals surface area contributed by atoms with Crippen LogP contribution in [0.2, 0.25) is 0 Å². The van der Waals surface area contributed by atoms with Crippen LogP contribution in [-0.2, 0) is 6.54 Å². The van der Waals surface area contributed by atoms with Crippen molar-refractivity contribution < 1.29 is 18.7 Å². The number of likely N-dealkylation sites (tertiary alicyclic amines) is 1. The quantitative estimate of drug-likeness (QED) is 0.874. The highest BCUT2D eigenvalue weighted by molar-refractivity contribution is 5.99. The van der Waals surface area contributed by atoms with Crippen LogP contribution >= 0.6 is 0 Å². The van der Waals surface area contributed by atoms with Crippen LogP contribution in [0.4, 0.5) is 14.5 Å². The van der Waals surface area contributed by atoms with Gasteiger partial charge >= 0.3 is 0 Å². The number of benzene rings is 2. The van der Waals surface area contributed by atoms with Crippen molar-refractivity contribution in [3.63, 3.8) is 0 Å². The van der Waals surface area contributed by atoms with Crippen LogP contribution in [0.25, 0.3) is 0 Å². The molecule has 1 aliphatic rings. The Morgan fingerprint density at radius 1 is 1.20 bits per heavy atom. The minimum atomic E-state index is -0.897. The lowest BCUT2D eigenvalue weighted by Gasteiger charge is -2.24. The fourth-order valence-corrected chi connectivity index (χ4v) is 3.12. The Labute approximate surface area is 145 Å². The lowest BCUT2D eigenvalue weighted by atomic mass is 10.1. The molecule has 132 valence electrons. The zero-order valence-electron chi connectivity index (χ0n) is 13.7. The van der Waals surface area contributed by atoms with E-state index < -0.39 is 11.6 Å². The maximum atomic E-state index is 13.3. The first-order chi connectivity index (χ1) is 12.1. The van der Waals surface area contributed by atoms with E-state index >= 15 is 0 Å². The Hall–Kier alpha value is -2.47. The monoisotopic (exact) mass is 346 g/mol. The number of carbonyl (C=O) groups excluding carboxylic acids is 1. The standard InChI is InChI=1S/C19H20F2N2O2/c20-16-8-7-13(10-17(16)21)11-22-18-6-2-1-5-15(18)19(25)23-9-3-4-14(23)12-24/h1-2,5-8,10,14,22,24H,3-4,9,11-12H2. The summed E-state index contributed by atoms with van der Waals surface area (Å²) < 4.78 is 26.3. The van der Waals surface area contributed by atoms with Crippen LogP contribution < -0.4 is 5.32 Å². The van der Waals surface area contributed by atoms with Gasteiger partial charge in [-0.1, -0.05) is 18.2 Å². The summed E-state index contributed by atoms with van der Waals surface area (Å²) >= 11 is 0. The van der Waals surface area contributed by atoms with E-state index in [1.54, 1.807) is 29.2 Å². The molecule has 1 heterocycles. The molecule has 0 spiro atoms. The van der Waals surface area contributed by atoms with Crippen molar-refractivity contribution in [2.45, 2.75) is 25.4 Å². The number of nitrogens with zero attached hydrogens (tertiary/aromatic N) is 1. The second-order valence-electron chi connectivity index (χ2n) is 6.12. The smallest absolute Gasteiger partial charge is 0.256 e. The summed E-state index contributed by atoms with van der Waals surface area (Å²) in [7, 11) is 0. The molecule has 0 radical (unpaired) electrons. The highest BCUT2D eigenvalue weighted by atomic mass is 19.2. The molecule has 0 bridgehead atoms. The van der Waals surface area contributed by atoms with Crippen molar-refractivity contribution in [3.8, 4) is 0 Å². The zero-order chi connectivity index (χ0) is 17.8. The van der Waals surface area contributed by atoms with Gasteiger partial charge in [0, 0.05) is 18.8 Å². The van der Waals surface area contributed by atoms with Crippen molar-refractivity contribution in [1.82, 2.24) is 4.90 Å². The number of para-hydroxylation sites is 1. The molecule has 0 aromatic heterocycles. The van der Waals surface area contributed by atoms with Gasteiger partial charge in [-0.25, -0.2) is 8.78 Å². The Bertz CT molecular complexity index is 767. The van der Waals surface area contributed by atoms with E-state index in [2.05, 4.69) is 5.32 Å². The third-order valence-electron chi connectivity index (χ3n) is 4.47. The Balaban J connectivity index is 1.76. The molecule has 1 aliphatic heterocycles. The van der Waals surface area contributed by atoms with Crippen LogP contribution in [0.3, 0.4) is 0 Å². The molecule has 1 unspecified atom stereocenters. The summed E-state index contributed by atoms with van der Waals surface area (Å²) in [4.78, 5) is 14.5. The topological polar surface area (TPSA) is 52.6 Å². The maximum absolute atomic E-state index is 13.3. The molecular weight excluding hydrogens is 326 g/mol. The molecule has 3 rings (SSSR count). The first-order valence-corrected chi connectivity index (χ1v) is 8.29. The van der Waals surface area contributed by atoms with Gasteiger partial charge in [-0.2, -0.15) is 0 Å². The second kappa shape index (κ2) is 7.61. The van der Waals surface area contributed by atoms with Gasteiger partial charge in [0.15, 0.2) is 11.6 Å². The van der Waals surface area contributed by atoms with Gasteiger partial charge in [0.1, 0.15) is 0 Å². The molecule has 2 N–H and O–H groups in total. The van der Waals surface area contributed by atoms with Crippen molar-refractivity contribution in [1.29, 1.82) is 0 Å². The molecule has 1 fully saturated rings. The summed E-state index contributed by atoms with van der Waals surface area (Å²) in [6, 6.07) is 10.6. The average molecular weight is 346 g/mol. The first kappa shape index (κ1) is 17.4. The fourth-order valence-electron chi connectivity index (χ4n) is 3.12. The van der Waals surface area contributed by atoms with Crippen molar-refractivity contribution >= 4 is 11.6 Å². The molecule has 0 aliphatic carbocycles. The third kappa shape index (κ3) is 3.79. The van der Waals surface area contributed by atoms with E-state index in [9.17, 15) is 18.7 Å². The number of hydrogen-bond donors (Lipinski definition) is 2. The Kier molecular flexibility index (Phi) is 5.28. The van der Waals surface area contributed by atoms with E-state index in [1.807, 2.05) is 0 Å². The van der Waals surface area contributed by atoms with Crippen LogP contribution in [0.15, 0.2) is 42.5 Å². The fraction of sp³-hybridized carbons (Fsp3) is 0.316.